The molecule has 0 bridgehead atoms. The topological polar surface area (TPSA) is 41.6 Å². The Hall–Kier alpha value is -1.69. The molecule has 0 fully saturated rings. The summed E-state index contributed by atoms with van der Waals surface area (Å²) in [5, 5.41) is 3.21. The van der Waals surface area contributed by atoms with E-state index in [1.54, 1.807) is 11.0 Å². The summed E-state index contributed by atoms with van der Waals surface area (Å²) in [7, 11) is 0. The summed E-state index contributed by atoms with van der Waals surface area (Å²) in [5.41, 5.74) is 0.128. The Labute approximate surface area is 143 Å². The second kappa shape index (κ2) is 8.97. The molecule has 0 aliphatic rings. The van der Waals surface area contributed by atoms with Crippen molar-refractivity contribution in [1.82, 2.24) is 10.2 Å². The van der Waals surface area contributed by atoms with E-state index in [1.165, 1.54) is 6.07 Å². The fraction of sp³-hybridized carbons (Fsp3) is 0.611. The molecule has 0 saturated heterocycles. The van der Waals surface area contributed by atoms with Crippen LogP contribution in [0, 0.1) is 11.6 Å². The minimum atomic E-state index is -0.859. The van der Waals surface area contributed by atoms with Gasteiger partial charge in [0.25, 0.3) is 0 Å². The Morgan fingerprint density at radius 2 is 1.92 bits per heavy atom. The lowest BCUT2D eigenvalue weighted by atomic mass is 10.1. The first-order chi connectivity index (χ1) is 11.1. The van der Waals surface area contributed by atoms with Crippen LogP contribution in [0.5, 0.6) is 0 Å². The van der Waals surface area contributed by atoms with Crippen LogP contribution in [-0.2, 0) is 4.74 Å². The van der Waals surface area contributed by atoms with Crippen LogP contribution in [0.15, 0.2) is 18.2 Å². The van der Waals surface area contributed by atoms with Gasteiger partial charge in [0.2, 0.25) is 0 Å². The van der Waals surface area contributed by atoms with E-state index in [4.69, 9.17) is 4.74 Å². The Morgan fingerprint density at radius 3 is 2.46 bits per heavy atom. The number of carbonyl (C=O) groups is 1. The molecule has 0 spiro atoms. The maximum absolute atomic E-state index is 13.3. The number of nitrogens with zero attached hydrogens (tertiary/aromatic N) is 1. The fourth-order valence-electron chi connectivity index (χ4n) is 2.21. The molecule has 1 aromatic carbocycles. The summed E-state index contributed by atoms with van der Waals surface area (Å²) >= 11 is 0. The molecule has 1 aromatic rings. The quantitative estimate of drug-likeness (QED) is 0.805. The van der Waals surface area contributed by atoms with Gasteiger partial charge in [0, 0.05) is 25.7 Å². The summed E-state index contributed by atoms with van der Waals surface area (Å²) < 4.78 is 31.6. The first kappa shape index (κ1) is 20.4. The van der Waals surface area contributed by atoms with Crippen molar-refractivity contribution in [3.8, 4) is 0 Å². The third-order valence-corrected chi connectivity index (χ3v) is 3.42. The molecule has 0 aliphatic carbocycles. The van der Waals surface area contributed by atoms with E-state index in [0.717, 1.165) is 12.5 Å². The normalized spacial score (nSPS) is 12.8. The van der Waals surface area contributed by atoms with Crippen LogP contribution in [0.25, 0.3) is 0 Å². The SMILES string of the molecule is CCCN(CCNC(C)c1ccc(F)c(F)c1)C(=O)OC(C)(C)C. The van der Waals surface area contributed by atoms with Crippen molar-refractivity contribution in [3.05, 3.63) is 35.4 Å². The van der Waals surface area contributed by atoms with Crippen molar-refractivity contribution in [2.24, 2.45) is 0 Å². The summed E-state index contributed by atoms with van der Waals surface area (Å²) in [6, 6.07) is 3.70. The minimum Gasteiger partial charge on any atom is -0.444 e. The summed E-state index contributed by atoms with van der Waals surface area (Å²) in [6.07, 6.45) is 0.490. The van der Waals surface area contributed by atoms with E-state index in [0.29, 0.717) is 25.2 Å². The number of amides is 1. The molecular formula is C18H28F2N2O2. The largest absolute Gasteiger partial charge is 0.444 e. The van der Waals surface area contributed by atoms with Crippen LogP contribution in [0.2, 0.25) is 0 Å². The number of benzene rings is 1. The third kappa shape index (κ3) is 6.83. The molecule has 0 heterocycles. The fourth-order valence-corrected chi connectivity index (χ4v) is 2.21. The molecule has 6 heteroatoms. The number of ether oxygens (including phenoxy) is 1. The van der Waals surface area contributed by atoms with Gasteiger partial charge in [0.15, 0.2) is 11.6 Å². The van der Waals surface area contributed by atoms with E-state index in [-0.39, 0.29) is 12.1 Å². The van der Waals surface area contributed by atoms with Gasteiger partial charge < -0.3 is 15.0 Å². The van der Waals surface area contributed by atoms with Gasteiger partial charge in [0.1, 0.15) is 5.60 Å². The van der Waals surface area contributed by atoms with Gasteiger partial charge in [0.05, 0.1) is 0 Å². The Morgan fingerprint density at radius 1 is 1.25 bits per heavy atom. The first-order valence-electron chi connectivity index (χ1n) is 8.30. The van der Waals surface area contributed by atoms with Crippen molar-refractivity contribution < 1.29 is 18.3 Å². The average molecular weight is 342 g/mol. The predicted molar refractivity (Wildman–Crippen MR) is 90.9 cm³/mol. The highest BCUT2D eigenvalue weighted by atomic mass is 19.2. The third-order valence-electron chi connectivity index (χ3n) is 3.42. The van der Waals surface area contributed by atoms with E-state index in [1.807, 2.05) is 34.6 Å². The van der Waals surface area contributed by atoms with Crippen molar-refractivity contribution in [2.75, 3.05) is 19.6 Å². The second-order valence-corrected chi connectivity index (χ2v) is 6.82. The number of hydrogen-bond donors (Lipinski definition) is 1. The van der Waals surface area contributed by atoms with Crippen molar-refractivity contribution in [1.29, 1.82) is 0 Å². The average Bonchev–Trinajstić information content (AvgIpc) is 2.47. The molecule has 1 atom stereocenters. The Kier molecular flexibility index (Phi) is 7.60. The van der Waals surface area contributed by atoms with Crippen LogP contribution in [-0.4, -0.2) is 36.2 Å². The minimum absolute atomic E-state index is 0.151. The van der Waals surface area contributed by atoms with Gasteiger partial charge >= 0.3 is 6.09 Å². The zero-order valence-electron chi connectivity index (χ0n) is 15.2. The van der Waals surface area contributed by atoms with Gasteiger partial charge in [-0.05, 0) is 51.8 Å². The van der Waals surface area contributed by atoms with E-state index >= 15 is 0 Å². The number of nitrogens with one attached hydrogen (secondary N) is 1. The highest BCUT2D eigenvalue weighted by Gasteiger charge is 2.21. The number of hydrogen-bond acceptors (Lipinski definition) is 3. The van der Waals surface area contributed by atoms with Crippen molar-refractivity contribution >= 4 is 6.09 Å². The molecule has 0 saturated carbocycles. The number of rotatable bonds is 7. The molecule has 136 valence electrons. The Bertz CT molecular complexity index is 544. The molecule has 0 aromatic heterocycles. The molecular weight excluding hydrogens is 314 g/mol. The van der Waals surface area contributed by atoms with Crippen molar-refractivity contribution in [3.63, 3.8) is 0 Å². The lowest BCUT2D eigenvalue weighted by Crippen LogP contribution is -2.41. The highest BCUT2D eigenvalue weighted by Crippen LogP contribution is 2.16. The van der Waals surface area contributed by atoms with Crippen LogP contribution in [0.1, 0.15) is 52.6 Å². The van der Waals surface area contributed by atoms with Crippen LogP contribution in [0.4, 0.5) is 13.6 Å². The molecule has 1 amide bonds. The molecule has 1 rings (SSSR count). The van der Waals surface area contributed by atoms with Crippen molar-refractivity contribution in [2.45, 2.75) is 52.7 Å². The smallest absolute Gasteiger partial charge is 0.410 e. The molecule has 1 unspecified atom stereocenters. The molecule has 0 radical (unpaired) electrons. The van der Waals surface area contributed by atoms with Gasteiger partial charge in [-0.2, -0.15) is 0 Å². The molecule has 4 nitrogen and oxygen atoms in total. The van der Waals surface area contributed by atoms with Crippen LogP contribution in [0.3, 0.4) is 0 Å². The lowest BCUT2D eigenvalue weighted by molar-refractivity contribution is 0.0251. The highest BCUT2D eigenvalue weighted by molar-refractivity contribution is 5.68. The predicted octanol–water partition coefficient (Wildman–Crippen LogP) is 4.26. The molecule has 0 aliphatic heterocycles. The van der Waals surface area contributed by atoms with E-state index < -0.39 is 17.2 Å². The lowest BCUT2D eigenvalue weighted by Gasteiger charge is -2.27. The summed E-state index contributed by atoms with van der Waals surface area (Å²) in [4.78, 5) is 13.8. The maximum Gasteiger partial charge on any atom is 0.410 e. The van der Waals surface area contributed by atoms with E-state index in [9.17, 15) is 13.6 Å². The van der Waals surface area contributed by atoms with Crippen LogP contribution < -0.4 is 5.32 Å². The van der Waals surface area contributed by atoms with Gasteiger partial charge in [-0.3, -0.25) is 0 Å². The van der Waals surface area contributed by atoms with Crippen LogP contribution >= 0.6 is 0 Å². The standard InChI is InChI=1S/C18H28F2N2O2/c1-6-10-22(17(23)24-18(3,4)5)11-9-21-13(2)14-7-8-15(19)16(20)12-14/h7-8,12-13,21H,6,9-11H2,1-5H3. The van der Waals surface area contributed by atoms with Gasteiger partial charge in [-0.1, -0.05) is 13.0 Å². The number of carbonyl (C=O) groups excluding carboxylic acids is 1. The van der Waals surface area contributed by atoms with E-state index in [2.05, 4.69) is 5.32 Å². The van der Waals surface area contributed by atoms with Gasteiger partial charge in [-0.25, -0.2) is 13.6 Å². The summed E-state index contributed by atoms with van der Waals surface area (Å²) in [5.74, 6) is -1.72. The maximum atomic E-state index is 13.3. The molecule has 24 heavy (non-hydrogen) atoms. The second-order valence-electron chi connectivity index (χ2n) is 6.82. The zero-order valence-corrected chi connectivity index (χ0v) is 15.2. The molecule has 1 N–H and O–H groups in total. The van der Waals surface area contributed by atoms with Gasteiger partial charge in [-0.15, -0.1) is 0 Å². The zero-order chi connectivity index (χ0) is 18.3. The monoisotopic (exact) mass is 342 g/mol. The Balaban J connectivity index is 2.55. The number of halogens is 2. The summed E-state index contributed by atoms with van der Waals surface area (Å²) in [6.45, 7) is 11.0. The first-order valence-corrected chi connectivity index (χ1v) is 8.30.